The Morgan fingerprint density at radius 3 is 2.69 bits per heavy atom. The number of benzene rings is 1. The number of methoxy groups -OCH3 is 1. The lowest BCUT2D eigenvalue weighted by Crippen LogP contribution is -1.94. The Kier molecular flexibility index (Phi) is 3.36. The Morgan fingerprint density at radius 2 is 2.06 bits per heavy atom. The molecule has 1 unspecified atom stereocenters. The van der Waals surface area contributed by atoms with Gasteiger partial charge in [-0.25, -0.2) is 0 Å². The molecule has 0 saturated heterocycles. The zero-order valence-corrected chi connectivity index (χ0v) is 10.2. The van der Waals surface area contributed by atoms with E-state index in [1.807, 2.05) is 30.3 Å². The molecule has 1 aliphatic rings. The van der Waals surface area contributed by atoms with E-state index in [4.69, 9.17) is 4.74 Å². The van der Waals surface area contributed by atoms with Crippen molar-refractivity contribution in [1.29, 1.82) is 0 Å². The summed E-state index contributed by atoms with van der Waals surface area (Å²) in [4.78, 5) is 0. The van der Waals surface area contributed by atoms with Crippen LogP contribution in [0.1, 0.15) is 10.8 Å². The Hall–Kier alpha value is -1.20. The van der Waals surface area contributed by atoms with Crippen molar-refractivity contribution in [3.8, 4) is 5.75 Å². The van der Waals surface area contributed by atoms with E-state index >= 15 is 0 Å². The third kappa shape index (κ3) is 2.15. The lowest BCUT2D eigenvalue weighted by molar-refractivity contribution is 0.410. The average Bonchev–Trinajstić information content (AvgIpc) is 2.78. The van der Waals surface area contributed by atoms with E-state index in [0.717, 1.165) is 11.3 Å². The van der Waals surface area contributed by atoms with Gasteiger partial charge in [0.1, 0.15) is 9.95 Å². The number of ether oxygens (including phenoxy) is 1. The summed E-state index contributed by atoms with van der Waals surface area (Å²) in [5.74, 6) is 0.780. The number of thioether (sulfide) groups is 1. The number of hydrogen-bond donors (Lipinski definition) is 0. The molecule has 0 N–H and O–H groups in total. The lowest BCUT2D eigenvalue weighted by atomic mass is 10.1. The van der Waals surface area contributed by atoms with Crippen LogP contribution in [-0.2, 0) is 10.3 Å². The zero-order chi connectivity index (χ0) is 11.5. The van der Waals surface area contributed by atoms with Crippen LogP contribution in [0.3, 0.4) is 0 Å². The Labute approximate surface area is 99.7 Å². The van der Waals surface area contributed by atoms with Crippen molar-refractivity contribution in [2.45, 2.75) is 5.25 Å². The maximum Gasteiger partial charge on any atom is 0.227 e. The molecule has 0 aliphatic carbocycles. The van der Waals surface area contributed by atoms with E-state index < -0.39 is 10.3 Å². The summed E-state index contributed by atoms with van der Waals surface area (Å²) in [5.41, 5.74) is 0.992. The third-order valence-electron chi connectivity index (χ3n) is 2.26. The molecule has 0 aromatic heterocycles. The van der Waals surface area contributed by atoms with Crippen molar-refractivity contribution < 1.29 is 13.2 Å². The van der Waals surface area contributed by atoms with Crippen LogP contribution in [0.15, 0.2) is 36.4 Å². The van der Waals surface area contributed by atoms with Crippen LogP contribution in [0.25, 0.3) is 0 Å². The molecule has 0 fully saturated rings. The van der Waals surface area contributed by atoms with Crippen LogP contribution in [-0.4, -0.2) is 19.7 Å². The van der Waals surface area contributed by atoms with Crippen molar-refractivity contribution in [3.05, 3.63) is 42.0 Å². The van der Waals surface area contributed by atoms with Gasteiger partial charge < -0.3 is 4.74 Å². The van der Waals surface area contributed by atoms with Crippen LogP contribution in [0, 0.1) is 0 Å². The second-order valence-electron chi connectivity index (χ2n) is 3.19. The molecule has 0 radical (unpaired) electrons. The highest BCUT2D eigenvalue weighted by molar-refractivity contribution is 8.22. The topological polar surface area (TPSA) is 43.4 Å². The molecule has 1 heterocycles. The molecule has 3 nitrogen and oxygen atoms in total. The van der Waals surface area contributed by atoms with Crippen LogP contribution in [0.2, 0.25) is 0 Å². The first-order valence-electron chi connectivity index (χ1n) is 4.66. The highest BCUT2D eigenvalue weighted by Gasteiger charge is 2.20. The van der Waals surface area contributed by atoms with Gasteiger partial charge in [0.15, 0.2) is 0 Å². The fourth-order valence-electron chi connectivity index (χ4n) is 1.53. The van der Waals surface area contributed by atoms with E-state index in [1.54, 1.807) is 13.2 Å². The van der Waals surface area contributed by atoms with E-state index in [1.165, 1.54) is 11.8 Å². The SMILES string of the molecule is COc1ccccc1C1C=CC(=S(=O)=O)S1. The summed E-state index contributed by atoms with van der Waals surface area (Å²) in [5, 5.41) is 0.0176. The molecule has 1 aliphatic heterocycles. The maximum atomic E-state index is 10.8. The average molecular weight is 254 g/mol. The van der Waals surface area contributed by atoms with Crippen LogP contribution >= 0.6 is 11.8 Å². The van der Waals surface area contributed by atoms with E-state index in [-0.39, 0.29) is 5.25 Å². The largest absolute Gasteiger partial charge is 0.496 e. The highest BCUT2D eigenvalue weighted by atomic mass is 32.2. The van der Waals surface area contributed by atoms with Crippen LogP contribution in [0.4, 0.5) is 0 Å². The summed E-state index contributed by atoms with van der Waals surface area (Å²) in [6, 6.07) is 7.62. The monoisotopic (exact) mass is 254 g/mol. The normalized spacial score (nSPS) is 18.8. The van der Waals surface area contributed by atoms with Crippen molar-refractivity contribution in [1.82, 2.24) is 0 Å². The Bertz CT molecular complexity index is 550. The summed E-state index contributed by atoms with van der Waals surface area (Å²) >= 11 is 1.31. The second kappa shape index (κ2) is 4.76. The standard InChI is InChI=1S/C11H10O3S2/c1-14-9-5-3-2-4-8(9)10-6-7-11(15-10)16(12)13/h2-7,10H,1H3. The molecule has 0 bridgehead atoms. The fraction of sp³-hybridized carbons (Fsp3) is 0.182. The van der Waals surface area contributed by atoms with Gasteiger partial charge in [-0.1, -0.05) is 36.0 Å². The van der Waals surface area contributed by atoms with Crippen molar-refractivity contribution >= 4 is 26.3 Å². The van der Waals surface area contributed by atoms with Gasteiger partial charge in [-0.15, -0.1) is 0 Å². The predicted molar refractivity (Wildman–Crippen MR) is 66.4 cm³/mol. The van der Waals surface area contributed by atoms with Gasteiger partial charge in [-0.3, -0.25) is 0 Å². The molecule has 0 spiro atoms. The van der Waals surface area contributed by atoms with Crippen molar-refractivity contribution in [3.63, 3.8) is 0 Å². The van der Waals surface area contributed by atoms with E-state index in [9.17, 15) is 8.42 Å². The quantitative estimate of drug-likeness (QED) is 0.758. The zero-order valence-electron chi connectivity index (χ0n) is 8.58. The van der Waals surface area contributed by atoms with Gasteiger partial charge in [0.2, 0.25) is 10.3 Å². The minimum absolute atomic E-state index is 0.0176. The molecule has 1 atom stereocenters. The third-order valence-corrected chi connectivity index (χ3v) is 4.45. The first-order chi connectivity index (χ1) is 7.72. The molecule has 5 heteroatoms. The molecule has 2 rings (SSSR count). The lowest BCUT2D eigenvalue weighted by Gasteiger charge is -2.11. The van der Waals surface area contributed by atoms with Gasteiger partial charge in [0, 0.05) is 5.56 Å². The van der Waals surface area contributed by atoms with Crippen LogP contribution in [0.5, 0.6) is 5.75 Å². The molecule has 84 valence electrons. The van der Waals surface area contributed by atoms with Gasteiger partial charge in [0.25, 0.3) is 0 Å². The summed E-state index contributed by atoms with van der Waals surface area (Å²) in [7, 11) is -0.532. The predicted octanol–water partition coefficient (Wildman–Crippen LogP) is 2.05. The highest BCUT2D eigenvalue weighted by Crippen LogP contribution is 2.40. The Morgan fingerprint density at radius 1 is 1.31 bits per heavy atom. The number of rotatable bonds is 2. The summed E-state index contributed by atoms with van der Waals surface area (Å²) in [6.07, 6.45) is 3.50. The molecule has 1 aromatic carbocycles. The minimum Gasteiger partial charge on any atom is -0.496 e. The first kappa shape index (κ1) is 11.3. The molecular formula is C11H10O3S2. The van der Waals surface area contributed by atoms with Gasteiger partial charge in [0.05, 0.1) is 12.4 Å². The second-order valence-corrected chi connectivity index (χ2v) is 5.54. The number of hydrogen-bond acceptors (Lipinski definition) is 4. The van der Waals surface area contributed by atoms with E-state index in [2.05, 4.69) is 0 Å². The molecule has 0 amide bonds. The molecular weight excluding hydrogens is 244 g/mol. The summed E-state index contributed by atoms with van der Waals surface area (Å²) < 4.78 is 27.2. The van der Waals surface area contributed by atoms with Crippen LogP contribution < -0.4 is 4.74 Å². The Balaban J connectivity index is 2.35. The number of para-hydroxylation sites is 1. The van der Waals surface area contributed by atoms with Crippen molar-refractivity contribution in [2.75, 3.05) is 7.11 Å². The minimum atomic E-state index is -2.14. The van der Waals surface area contributed by atoms with Crippen molar-refractivity contribution in [2.24, 2.45) is 0 Å². The van der Waals surface area contributed by atoms with Gasteiger partial charge in [-0.2, -0.15) is 8.42 Å². The fourth-order valence-corrected chi connectivity index (χ4v) is 3.23. The maximum absolute atomic E-state index is 10.8. The molecule has 1 aromatic rings. The molecule has 16 heavy (non-hydrogen) atoms. The van der Waals surface area contributed by atoms with Gasteiger partial charge >= 0.3 is 0 Å². The van der Waals surface area contributed by atoms with Gasteiger partial charge in [-0.05, 0) is 12.1 Å². The molecule has 0 saturated carbocycles. The smallest absolute Gasteiger partial charge is 0.227 e. The first-order valence-corrected chi connectivity index (χ1v) is 6.62. The summed E-state index contributed by atoms with van der Waals surface area (Å²) in [6.45, 7) is 0. The van der Waals surface area contributed by atoms with E-state index in [0.29, 0.717) is 4.20 Å².